The molecular formula is C15H20N2O. The fraction of sp³-hybridized carbons (Fsp3) is 0.400. The molecule has 18 heavy (non-hydrogen) atoms. The van der Waals surface area contributed by atoms with Crippen molar-refractivity contribution in [2.24, 2.45) is 0 Å². The number of rotatable bonds is 3. The molecule has 0 atom stereocenters. The molecule has 1 N–H and O–H groups in total. The third-order valence-electron chi connectivity index (χ3n) is 3.11. The van der Waals surface area contributed by atoms with Crippen LogP contribution in [-0.2, 0) is 6.42 Å². The van der Waals surface area contributed by atoms with Gasteiger partial charge in [0.2, 0.25) is 5.88 Å². The summed E-state index contributed by atoms with van der Waals surface area (Å²) in [5, 5.41) is 14.8. The SMILES string of the molecule is CCc1c(-c2cccc(C)c2)nn(C(C)C)c1O. The Hall–Kier alpha value is -1.77. The molecule has 3 heteroatoms. The average Bonchev–Trinajstić information content (AvgIpc) is 2.66. The standard InChI is InChI=1S/C15H20N2O/c1-5-13-14(12-8-6-7-11(4)9-12)16-17(10(2)3)15(13)18/h6-10,18H,5H2,1-4H3. The molecule has 3 nitrogen and oxygen atoms in total. The van der Waals surface area contributed by atoms with Crippen molar-refractivity contribution in [1.29, 1.82) is 0 Å². The second-order valence-electron chi connectivity index (χ2n) is 4.91. The van der Waals surface area contributed by atoms with Gasteiger partial charge in [-0.2, -0.15) is 5.10 Å². The van der Waals surface area contributed by atoms with Crippen LogP contribution in [0.3, 0.4) is 0 Å². The molecule has 96 valence electrons. The summed E-state index contributed by atoms with van der Waals surface area (Å²) >= 11 is 0. The van der Waals surface area contributed by atoms with Crippen molar-refractivity contribution < 1.29 is 5.11 Å². The smallest absolute Gasteiger partial charge is 0.213 e. The summed E-state index contributed by atoms with van der Waals surface area (Å²) in [6.07, 6.45) is 0.780. The van der Waals surface area contributed by atoms with Gasteiger partial charge in [-0.05, 0) is 33.3 Å². The number of aromatic hydroxyl groups is 1. The first-order valence-corrected chi connectivity index (χ1v) is 6.42. The van der Waals surface area contributed by atoms with Crippen molar-refractivity contribution in [3.8, 4) is 17.1 Å². The van der Waals surface area contributed by atoms with E-state index in [2.05, 4.69) is 24.2 Å². The van der Waals surface area contributed by atoms with Crippen LogP contribution in [0.2, 0.25) is 0 Å². The quantitative estimate of drug-likeness (QED) is 0.893. The van der Waals surface area contributed by atoms with E-state index in [1.165, 1.54) is 5.56 Å². The summed E-state index contributed by atoms with van der Waals surface area (Å²) in [6.45, 7) is 8.15. The topological polar surface area (TPSA) is 38.0 Å². The molecule has 0 spiro atoms. The summed E-state index contributed by atoms with van der Waals surface area (Å²) < 4.78 is 1.69. The molecule has 0 fully saturated rings. The zero-order chi connectivity index (χ0) is 13.3. The number of benzene rings is 1. The molecule has 0 saturated heterocycles. The van der Waals surface area contributed by atoms with E-state index in [4.69, 9.17) is 0 Å². The van der Waals surface area contributed by atoms with Crippen molar-refractivity contribution in [2.75, 3.05) is 0 Å². The average molecular weight is 244 g/mol. The van der Waals surface area contributed by atoms with Crippen molar-refractivity contribution in [1.82, 2.24) is 9.78 Å². The van der Waals surface area contributed by atoms with E-state index in [0.717, 1.165) is 23.2 Å². The second-order valence-corrected chi connectivity index (χ2v) is 4.91. The van der Waals surface area contributed by atoms with Crippen LogP contribution in [0.25, 0.3) is 11.3 Å². The van der Waals surface area contributed by atoms with Gasteiger partial charge in [0.15, 0.2) is 0 Å². The Labute approximate surface area is 108 Å². The highest BCUT2D eigenvalue weighted by atomic mass is 16.3. The second kappa shape index (κ2) is 4.84. The lowest BCUT2D eigenvalue weighted by Gasteiger charge is -2.06. The van der Waals surface area contributed by atoms with E-state index in [1.54, 1.807) is 4.68 Å². The maximum Gasteiger partial charge on any atom is 0.213 e. The highest BCUT2D eigenvalue weighted by Gasteiger charge is 2.18. The molecule has 0 amide bonds. The number of aryl methyl sites for hydroxylation is 1. The van der Waals surface area contributed by atoms with E-state index in [9.17, 15) is 5.11 Å². The molecule has 0 aliphatic heterocycles. The number of aromatic nitrogens is 2. The fourth-order valence-corrected chi connectivity index (χ4v) is 2.17. The summed E-state index contributed by atoms with van der Waals surface area (Å²) in [5.74, 6) is 0.295. The van der Waals surface area contributed by atoms with Gasteiger partial charge >= 0.3 is 0 Å². The zero-order valence-corrected chi connectivity index (χ0v) is 11.4. The minimum atomic E-state index is 0.161. The molecule has 2 rings (SSSR count). The lowest BCUT2D eigenvalue weighted by Crippen LogP contribution is -2.02. The van der Waals surface area contributed by atoms with Gasteiger partial charge in [0.05, 0.1) is 11.7 Å². The van der Waals surface area contributed by atoms with E-state index in [-0.39, 0.29) is 6.04 Å². The maximum absolute atomic E-state index is 10.2. The predicted octanol–water partition coefficient (Wildman–Crippen LogP) is 3.71. The third kappa shape index (κ3) is 2.13. The summed E-state index contributed by atoms with van der Waals surface area (Å²) in [5.41, 5.74) is 4.09. The molecule has 0 aliphatic carbocycles. The Kier molecular flexibility index (Phi) is 3.41. The molecule has 0 unspecified atom stereocenters. The fourth-order valence-electron chi connectivity index (χ4n) is 2.17. The highest BCUT2D eigenvalue weighted by Crippen LogP contribution is 2.32. The summed E-state index contributed by atoms with van der Waals surface area (Å²) in [6, 6.07) is 8.39. The van der Waals surface area contributed by atoms with E-state index in [1.807, 2.05) is 32.9 Å². The van der Waals surface area contributed by atoms with Crippen LogP contribution in [-0.4, -0.2) is 14.9 Å². The van der Waals surface area contributed by atoms with Crippen molar-refractivity contribution >= 4 is 0 Å². The Bertz CT molecular complexity index is 556. The Morgan fingerprint density at radius 3 is 2.61 bits per heavy atom. The van der Waals surface area contributed by atoms with Crippen molar-refractivity contribution in [2.45, 2.75) is 40.2 Å². The van der Waals surface area contributed by atoms with E-state index < -0.39 is 0 Å². The van der Waals surface area contributed by atoms with Crippen LogP contribution in [0.5, 0.6) is 5.88 Å². The van der Waals surface area contributed by atoms with Gasteiger partial charge in [-0.1, -0.05) is 30.7 Å². The Morgan fingerprint density at radius 2 is 2.06 bits per heavy atom. The van der Waals surface area contributed by atoms with Crippen LogP contribution in [0.15, 0.2) is 24.3 Å². The molecule has 0 bridgehead atoms. The molecule has 0 aliphatic rings. The lowest BCUT2D eigenvalue weighted by molar-refractivity contribution is 0.374. The van der Waals surface area contributed by atoms with Crippen LogP contribution in [0, 0.1) is 6.92 Å². The van der Waals surface area contributed by atoms with Crippen LogP contribution < -0.4 is 0 Å². The first-order valence-electron chi connectivity index (χ1n) is 6.42. The zero-order valence-electron chi connectivity index (χ0n) is 11.4. The maximum atomic E-state index is 10.2. The predicted molar refractivity (Wildman–Crippen MR) is 73.8 cm³/mol. The number of hydrogen-bond acceptors (Lipinski definition) is 2. The molecule has 1 aromatic heterocycles. The molecule has 0 saturated carbocycles. The minimum absolute atomic E-state index is 0.161. The first kappa shape index (κ1) is 12.7. The minimum Gasteiger partial charge on any atom is -0.493 e. The number of hydrogen-bond donors (Lipinski definition) is 1. The largest absolute Gasteiger partial charge is 0.493 e. The van der Waals surface area contributed by atoms with Crippen molar-refractivity contribution in [3.63, 3.8) is 0 Å². The molecule has 1 aromatic carbocycles. The normalized spacial score (nSPS) is 11.2. The Balaban J connectivity index is 2.60. The molecular weight excluding hydrogens is 224 g/mol. The van der Waals surface area contributed by atoms with E-state index in [0.29, 0.717) is 5.88 Å². The summed E-state index contributed by atoms with van der Waals surface area (Å²) in [4.78, 5) is 0. The lowest BCUT2D eigenvalue weighted by atomic mass is 10.0. The number of nitrogens with zero attached hydrogens (tertiary/aromatic N) is 2. The third-order valence-corrected chi connectivity index (χ3v) is 3.11. The van der Waals surface area contributed by atoms with Gasteiger partial charge in [0.25, 0.3) is 0 Å². The van der Waals surface area contributed by atoms with Gasteiger partial charge in [-0.25, -0.2) is 4.68 Å². The Morgan fingerprint density at radius 1 is 1.33 bits per heavy atom. The summed E-state index contributed by atoms with van der Waals surface area (Å²) in [7, 11) is 0. The van der Waals surface area contributed by atoms with Gasteiger partial charge in [0.1, 0.15) is 0 Å². The van der Waals surface area contributed by atoms with Crippen LogP contribution in [0.4, 0.5) is 0 Å². The molecule has 0 radical (unpaired) electrons. The molecule has 1 heterocycles. The van der Waals surface area contributed by atoms with E-state index >= 15 is 0 Å². The van der Waals surface area contributed by atoms with Gasteiger partial charge < -0.3 is 5.11 Å². The van der Waals surface area contributed by atoms with Gasteiger partial charge in [-0.15, -0.1) is 0 Å². The van der Waals surface area contributed by atoms with Gasteiger partial charge in [0, 0.05) is 11.1 Å². The molecule has 2 aromatic rings. The monoisotopic (exact) mass is 244 g/mol. The van der Waals surface area contributed by atoms with Crippen LogP contribution in [0.1, 0.15) is 37.9 Å². The highest BCUT2D eigenvalue weighted by molar-refractivity contribution is 5.66. The van der Waals surface area contributed by atoms with Crippen LogP contribution >= 0.6 is 0 Å². The van der Waals surface area contributed by atoms with Crippen molar-refractivity contribution in [3.05, 3.63) is 35.4 Å². The van der Waals surface area contributed by atoms with Gasteiger partial charge in [-0.3, -0.25) is 0 Å². The first-order chi connectivity index (χ1) is 8.54.